The third-order valence-electron chi connectivity index (χ3n) is 3.27. The summed E-state index contributed by atoms with van der Waals surface area (Å²) in [6.07, 6.45) is 0. The Bertz CT molecular complexity index is 482. The molecular formula is C16H25N3O2. The van der Waals surface area contributed by atoms with Crippen molar-refractivity contribution in [3.63, 3.8) is 0 Å². The Morgan fingerprint density at radius 1 is 1.10 bits per heavy atom. The van der Waals surface area contributed by atoms with Crippen molar-refractivity contribution in [2.75, 3.05) is 40.3 Å². The van der Waals surface area contributed by atoms with Crippen LogP contribution in [0, 0.1) is 0 Å². The highest BCUT2D eigenvalue weighted by Crippen LogP contribution is 2.08. The maximum Gasteiger partial charge on any atom is 0.253 e. The van der Waals surface area contributed by atoms with E-state index in [4.69, 9.17) is 0 Å². The molecule has 1 N–H and O–H groups in total. The van der Waals surface area contributed by atoms with Crippen molar-refractivity contribution in [2.45, 2.75) is 13.8 Å². The van der Waals surface area contributed by atoms with E-state index in [1.54, 1.807) is 29.2 Å². The normalized spacial score (nSPS) is 10.5. The van der Waals surface area contributed by atoms with E-state index in [9.17, 15) is 9.59 Å². The van der Waals surface area contributed by atoms with Crippen molar-refractivity contribution in [1.29, 1.82) is 0 Å². The van der Waals surface area contributed by atoms with Crippen molar-refractivity contribution < 1.29 is 9.59 Å². The molecule has 0 unspecified atom stereocenters. The molecule has 1 aromatic carbocycles. The van der Waals surface area contributed by atoms with E-state index < -0.39 is 0 Å². The number of nitrogens with zero attached hydrogens (tertiary/aromatic N) is 2. The lowest BCUT2D eigenvalue weighted by Gasteiger charge is -2.18. The molecule has 0 bridgehead atoms. The van der Waals surface area contributed by atoms with Gasteiger partial charge >= 0.3 is 0 Å². The van der Waals surface area contributed by atoms with Crippen LogP contribution in [0.2, 0.25) is 0 Å². The molecule has 5 nitrogen and oxygen atoms in total. The SMILES string of the molecule is CCN(CC)C(=O)c1cccc(C(=O)NCCN(C)C)c1. The fourth-order valence-electron chi connectivity index (χ4n) is 1.98. The minimum absolute atomic E-state index is 0.0389. The van der Waals surface area contributed by atoms with Gasteiger partial charge in [0.25, 0.3) is 11.8 Å². The monoisotopic (exact) mass is 291 g/mol. The zero-order chi connectivity index (χ0) is 15.8. The van der Waals surface area contributed by atoms with Crippen LogP contribution >= 0.6 is 0 Å². The first-order valence-corrected chi connectivity index (χ1v) is 7.31. The van der Waals surface area contributed by atoms with E-state index in [0.717, 1.165) is 6.54 Å². The van der Waals surface area contributed by atoms with Crippen LogP contribution < -0.4 is 5.32 Å². The number of hydrogen-bond donors (Lipinski definition) is 1. The average Bonchev–Trinajstić information content (AvgIpc) is 2.48. The average molecular weight is 291 g/mol. The molecule has 1 rings (SSSR count). The van der Waals surface area contributed by atoms with Gasteiger partial charge < -0.3 is 15.1 Å². The largest absolute Gasteiger partial charge is 0.351 e. The number of rotatable bonds is 7. The van der Waals surface area contributed by atoms with Crippen LogP contribution in [-0.2, 0) is 0 Å². The zero-order valence-corrected chi connectivity index (χ0v) is 13.3. The predicted molar refractivity (Wildman–Crippen MR) is 84.6 cm³/mol. The number of carbonyl (C=O) groups excluding carboxylic acids is 2. The molecule has 0 saturated carbocycles. The lowest BCUT2D eigenvalue weighted by molar-refractivity contribution is 0.0773. The summed E-state index contributed by atoms with van der Waals surface area (Å²) in [5.41, 5.74) is 1.07. The lowest BCUT2D eigenvalue weighted by atomic mass is 10.1. The smallest absolute Gasteiger partial charge is 0.253 e. The lowest BCUT2D eigenvalue weighted by Crippen LogP contribution is -2.32. The third kappa shape index (κ3) is 5.19. The van der Waals surface area contributed by atoms with Crippen LogP contribution in [-0.4, -0.2) is 61.9 Å². The molecule has 0 atom stereocenters. The van der Waals surface area contributed by atoms with Crippen LogP contribution in [0.5, 0.6) is 0 Å². The molecule has 0 heterocycles. The van der Waals surface area contributed by atoms with Gasteiger partial charge in [-0.05, 0) is 46.1 Å². The van der Waals surface area contributed by atoms with Crippen LogP contribution in [0.3, 0.4) is 0 Å². The van der Waals surface area contributed by atoms with Gasteiger partial charge in [-0.2, -0.15) is 0 Å². The summed E-state index contributed by atoms with van der Waals surface area (Å²) in [5.74, 6) is -0.186. The molecule has 0 fully saturated rings. The van der Waals surface area contributed by atoms with E-state index >= 15 is 0 Å². The summed E-state index contributed by atoms with van der Waals surface area (Å²) >= 11 is 0. The summed E-state index contributed by atoms with van der Waals surface area (Å²) in [4.78, 5) is 28.1. The number of nitrogens with one attached hydrogen (secondary N) is 1. The Morgan fingerprint density at radius 3 is 2.29 bits per heavy atom. The van der Waals surface area contributed by atoms with Gasteiger partial charge in [0, 0.05) is 37.3 Å². The number of carbonyl (C=O) groups is 2. The van der Waals surface area contributed by atoms with Gasteiger partial charge in [-0.15, -0.1) is 0 Å². The summed E-state index contributed by atoms with van der Waals surface area (Å²) < 4.78 is 0. The molecule has 0 saturated heterocycles. The zero-order valence-electron chi connectivity index (χ0n) is 13.3. The number of likely N-dealkylation sites (N-methyl/N-ethyl adjacent to an activating group) is 1. The molecule has 5 heteroatoms. The molecule has 0 aliphatic heterocycles. The van der Waals surface area contributed by atoms with E-state index in [2.05, 4.69) is 5.32 Å². The quantitative estimate of drug-likeness (QED) is 0.827. The second-order valence-electron chi connectivity index (χ2n) is 5.12. The maximum absolute atomic E-state index is 12.3. The summed E-state index contributed by atoms with van der Waals surface area (Å²) in [6, 6.07) is 6.88. The number of benzene rings is 1. The molecule has 0 aliphatic carbocycles. The minimum atomic E-state index is -0.147. The first-order chi connectivity index (χ1) is 9.99. The van der Waals surface area contributed by atoms with Gasteiger partial charge in [-0.1, -0.05) is 6.07 Å². The van der Waals surface area contributed by atoms with Crippen molar-refractivity contribution in [3.8, 4) is 0 Å². The van der Waals surface area contributed by atoms with Crippen LogP contribution in [0.15, 0.2) is 24.3 Å². The molecule has 0 radical (unpaired) electrons. The van der Waals surface area contributed by atoms with E-state index in [1.807, 2.05) is 32.8 Å². The van der Waals surface area contributed by atoms with E-state index in [1.165, 1.54) is 0 Å². The molecule has 0 spiro atoms. The summed E-state index contributed by atoms with van der Waals surface area (Å²) in [5, 5.41) is 2.85. The van der Waals surface area contributed by atoms with Crippen LogP contribution in [0.25, 0.3) is 0 Å². The standard InChI is InChI=1S/C16H25N3O2/c1-5-19(6-2)16(21)14-9-7-8-13(12-14)15(20)17-10-11-18(3)4/h7-9,12H,5-6,10-11H2,1-4H3,(H,17,20). The molecule has 116 valence electrons. The first-order valence-electron chi connectivity index (χ1n) is 7.31. The highest BCUT2D eigenvalue weighted by Gasteiger charge is 2.14. The first kappa shape index (κ1) is 17.2. The highest BCUT2D eigenvalue weighted by molar-refractivity contribution is 5.99. The Kier molecular flexibility index (Phi) is 6.88. The molecule has 2 amide bonds. The van der Waals surface area contributed by atoms with Gasteiger partial charge in [-0.25, -0.2) is 0 Å². The second kappa shape index (κ2) is 8.42. The Morgan fingerprint density at radius 2 is 1.71 bits per heavy atom. The van der Waals surface area contributed by atoms with Gasteiger partial charge in [0.15, 0.2) is 0 Å². The second-order valence-corrected chi connectivity index (χ2v) is 5.12. The van der Waals surface area contributed by atoms with Crippen LogP contribution in [0.1, 0.15) is 34.6 Å². The Balaban J connectivity index is 2.76. The number of amides is 2. The van der Waals surface area contributed by atoms with E-state index in [0.29, 0.717) is 30.8 Å². The molecule has 21 heavy (non-hydrogen) atoms. The molecule has 0 aromatic heterocycles. The minimum Gasteiger partial charge on any atom is -0.351 e. The van der Waals surface area contributed by atoms with Crippen molar-refractivity contribution >= 4 is 11.8 Å². The van der Waals surface area contributed by atoms with E-state index in [-0.39, 0.29) is 11.8 Å². The molecule has 1 aromatic rings. The maximum atomic E-state index is 12.3. The summed E-state index contributed by atoms with van der Waals surface area (Å²) in [7, 11) is 3.91. The molecular weight excluding hydrogens is 266 g/mol. The predicted octanol–water partition coefficient (Wildman–Crippen LogP) is 1.46. The van der Waals surface area contributed by atoms with Crippen molar-refractivity contribution in [1.82, 2.24) is 15.1 Å². The Hall–Kier alpha value is -1.88. The van der Waals surface area contributed by atoms with Gasteiger partial charge in [0.2, 0.25) is 0 Å². The number of hydrogen-bond acceptors (Lipinski definition) is 3. The van der Waals surface area contributed by atoms with Gasteiger partial charge in [-0.3, -0.25) is 9.59 Å². The van der Waals surface area contributed by atoms with Crippen molar-refractivity contribution in [3.05, 3.63) is 35.4 Å². The Labute approximate surface area is 126 Å². The third-order valence-corrected chi connectivity index (χ3v) is 3.27. The van der Waals surface area contributed by atoms with Crippen LogP contribution in [0.4, 0.5) is 0 Å². The molecule has 0 aliphatic rings. The fourth-order valence-corrected chi connectivity index (χ4v) is 1.98. The van der Waals surface area contributed by atoms with Gasteiger partial charge in [0.05, 0.1) is 0 Å². The highest BCUT2D eigenvalue weighted by atomic mass is 16.2. The van der Waals surface area contributed by atoms with Crippen molar-refractivity contribution in [2.24, 2.45) is 0 Å². The fraction of sp³-hybridized carbons (Fsp3) is 0.500. The summed E-state index contributed by atoms with van der Waals surface area (Å²) in [6.45, 7) is 6.57. The topological polar surface area (TPSA) is 52.7 Å². The van der Waals surface area contributed by atoms with Gasteiger partial charge in [0.1, 0.15) is 0 Å².